The molecule has 1 nitrogen and oxygen atoms in total. The molecule has 0 aliphatic heterocycles. The Hall–Kier alpha value is -6.70. The Morgan fingerprint density at radius 3 is 1.78 bits per heavy atom. The zero-order chi connectivity index (χ0) is 46.5. The Kier molecular flexibility index (Phi) is 3.70. The first-order valence-electron chi connectivity index (χ1n) is 23.9. The summed E-state index contributed by atoms with van der Waals surface area (Å²) < 4.78 is 142. The third kappa shape index (κ3) is 4.28. The standard InChI is InChI=1S/C50H30O/c1-2-13-33-27-36(22-21-31(33)11-1)48-40-17-7-9-19-42(40)49(43-20-10-8-18-41(43)48)37-28-34-14-4-5-15-38(34)45(29-37)35-23-25-44-47(30-35)51-46-26-24-32-12-3-6-16-39(32)50(44)46/h1-30H/i1D,2D,7D,8D,9D,10D,11D,13D,17D,18D,19D,20D,21D,22D,27D. The molecule has 0 radical (unpaired) electrons. The van der Waals surface area contributed by atoms with Crippen LogP contribution >= 0.6 is 0 Å². The Morgan fingerprint density at radius 2 is 1.02 bits per heavy atom. The first kappa shape index (κ1) is 17.3. The highest BCUT2D eigenvalue weighted by Crippen LogP contribution is 2.46. The first-order valence-corrected chi connectivity index (χ1v) is 16.4. The minimum absolute atomic E-state index is 0.0258. The van der Waals surface area contributed by atoms with Crippen LogP contribution in [0.25, 0.3) is 109 Å². The number of fused-ring (bicyclic) bond motifs is 9. The summed E-state index contributed by atoms with van der Waals surface area (Å²) >= 11 is 0. The monoisotopic (exact) mass is 661 g/mol. The van der Waals surface area contributed by atoms with Gasteiger partial charge in [-0.25, -0.2) is 0 Å². The van der Waals surface area contributed by atoms with Crippen molar-refractivity contribution in [3.8, 4) is 33.4 Å². The minimum atomic E-state index is -0.741. The third-order valence-corrected chi connectivity index (χ3v) is 9.70. The second-order valence-electron chi connectivity index (χ2n) is 12.5. The molecular weight excluding hydrogens is 617 g/mol. The van der Waals surface area contributed by atoms with E-state index in [2.05, 4.69) is 0 Å². The van der Waals surface area contributed by atoms with E-state index in [4.69, 9.17) is 16.8 Å². The van der Waals surface area contributed by atoms with Gasteiger partial charge in [0.1, 0.15) is 11.2 Å². The normalized spacial score (nSPS) is 16.0. The number of furan rings is 1. The van der Waals surface area contributed by atoms with E-state index in [0.717, 1.165) is 32.5 Å². The van der Waals surface area contributed by atoms with Crippen LogP contribution in [0.2, 0.25) is 0 Å². The highest BCUT2D eigenvalue weighted by molar-refractivity contribution is 6.23. The number of hydrogen-bond donors (Lipinski definition) is 0. The van der Waals surface area contributed by atoms with Crippen LogP contribution in [0.4, 0.5) is 0 Å². The summed E-state index contributed by atoms with van der Waals surface area (Å²) in [6.07, 6.45) is 0. The van der Waals surface area contributed by atoms with Crippen molar-refractivity contribution in [1.29, 1.82) is 0 Å². The Labute approximate surface area is 315 Å². The van der Waals surface area contributed by atoms with Crippen molar-refractivity contribution in [2.45, 2.75) is 0 Å². The van der Waals surface area contributed by atoms with Crippen LogP contribution in [0.1, 0.15) is 20.6 Å². The van der Waals surface area contributed by atoms with Crippen molar-refractivity contribution >= 4 is 75.8 Å². The van der Waals surface area contributed by atoms with Gasteiger partial charge >= 0.3 is 0 Å². The third-order valence-electron chi connectivity index (χ3n) is 9.70. The van der Waals surface area contributed by atoms with Gasteiger partial charge in [-0.05, 0) is 124 Å². The quantitative estimate of drug-likeness (QED) is 0.172. The van der Waals surface area contributed by atoms with Crippen molar-refractivity contribution in [2.24, 2.45) is 0 Å². The molecule has 51 heavy (non-hydrogen) atoms. The van der Waals surface area contributed by atoms with Crippen molar-refractivity contribution in [3.05, 3.63) is 182 Å². The molecule has 0 amide bonds. The molecule has 0 saturated heterocycles. The van der Waals surface area contributed by atoms with Crippen LogP contribution in [-0.4, -0.2) is 0 Å². The summed E-state index contributed by atoms with van der Waals surface area (Å²) in [7, 11) is 0. The zero-order valence-corrected chi connectivity index (χ0v) is 26.6. The molecule has 1 heteroatoms. The van der Waals surface area contributed by atoms with Gasteiger partial charge in [-0.2, -0.15) is 0 Å². The average Bonchev–Trinajstić information content (AvgIpc) is 3.71. The van der Waals surface area contributed by atoms with E-state index >= 15 is 0 Å². The van der Waals surface area contributed by atoms with E-state index in [1.54, 1.807) is 12.1 Å². The fraction of sp³-hybridized carbons (Fsp3) is 0. The SMILES string of the molecule is [2H]c1c([2H])c([2H])c2c([2H])c(-c3c4c([2H])c([2H])c([2H])c([2H])c4c(-c4cc(-c5ccc6c(c5)oc5ccc7ccccc7c56)c5ccccc5c4)c4c([2H])c([2H])c([2H])c([2H])c34)c([2H])c([2H])c2c1[2H]. The van der Waals surface area contributed by atoms with Gasteiger partial charge in [0, 0.05) is 10.8 Å². The van der Waals surface area contributed by atoms with E-state index in [1.807, 2.05) is 78.9 Å². The lowest BCUT2D eigenvalue weighted by atomic mass is 9.84. The highest BCUT2D eigenvalue weighted by Gasteiger charge is 2.19. The van der Waals surface area contributed by atoms with Crippen LogP contribution in [0, 0.1) is 0 Å². The number of hydrogen-bond acceptors (Lipinski definition) is 1. The molecule has 0 atom stereocenters. The molecule has 0 aliphatic carbocycles. The maximum absolute atomic E-state index is 9.53. The molecule has 0 fully saturated rings. The second kappa shape index (κ2) is 10.9. The Balaban J connectivity index is 1.32. The molecule has 0 N–H and O–H groups in total. The summed E-state index contributed by atoms with van der Waals surface area (Å²) in [6, 6.07) is 18.9. The smallest absolute Gasteiger partial charge is 0.136 e. The molecule has 1 aromatic heterocycles. The molecular formula is C50H30O. The van der Waals surface area contributed by atoms with E-state index < -0.39 is 107 Å². The lowest BCUT2D eigenvalue weighted by Gasteiger charge is -2.19. The van der Waals surface area contributed by atoms with E-state index in [0.29, 0.717) is 27.7 Å². The van der Waals surface area contributed by atoms with Crippen molar-refractivity contribution in [2.75, 3.05) is 0 Å². The fourth-order valence-electron chi connectivity index (χ4n) is 7.48. The average molecular weight is 662 g/mol. The van der Waals surface area contributed by atoms with E-state index in [-0.39, 0.29) is 32.7 Å². The largest absolute Gasteiger partial charge is 0.456 e. The van der Waals surface area contributed by atoms with Crippen molar-refractivity contribution in [1.82, 2.24) is 0 Å². The van der Waals surface area contributed by atoms with Crippen LogP contribution < -0.4 is 0 Å². The molecule has 11 aromatic rings. The Morgan fingerprint density at radius 1 is 0.373 bits per heavy atom. The Bertz CT molecular complexity index is 3980. The lowest BCUT2D eigenvalue weighted by Crippen LogP contribution is -1.92. The molecule has 0 aliphatic rings. The summed E-state index contributed by atoms with van der Waals surface area (Å²) in [5.41, 5.74) is 2.19. The maximum atomic E-state index is 9.53. The van der Waals surface area contributed by atoms with Gasteiger partial charge in [-0.15, -0.1) is 0 Å². The first-order chi connectivity index (χ1) is 31.5. The molecule has 0 spiro atoms. The summed E-state index contributed by atoms with van der Waals surface area (Å²) in [5.74, 6) is 0. The molecule has 1 heterocycles. The van der Waals surface area contributed by atoms with Gasteiger partial charge in [-0.3, -0.25) is 0 Å². The maximum Gasteiger partial charge on any atom is 0.136 e. The van der Waals surface area contributed by atoms with Crippen molar-refractivity contribution in [3.63, 3.8) is 0 Å². The summed E-state index contributed by atoms with van der Waals surface area (Å²) in [6.45, 7) is 0. The zero-order valence-electron chi connectivity index (χ0n) is 41.6. The van der Waals surface area contributed by atoms with Crippen LogP contribution in [0.15, 0.2) is 186 Å². The van der Waals surface area contributed by atoms with Crippen LogP contribution in [0.5, 0.6) is 0 Å². The molecule has 0 unspecified atom stereocenters. The van der Waals surface area contributed by atoms with E-state index in [1.165, 1.54) is 0 Å². The van der Waals surface area contributed by atoms with E-state index in [9.17, 15) is 8.22 Å². The molecule has 10 aromatic carbocycles. The lowest BCUT2D eigenvalue weighted by molar-refractivity contribution is 0.669. The highest BCUT2D eigenvalue weighted by atomic mass is 16.3. The second-order valence-corrected chi connectivity index (χ2v) is 12.5. The molecule has 11 rings (SSSR count). The van der Waals surface area contributed by atoms with Gasteiger partial charge in [0.05, 0.1) is 20.6 Å². The minimum Gasteiger partial charge on any atom is -0.456 e. The van der Waals surface area contributed by atoms with Crippen LogP contribution in [-0.2, 0) is 0 Å². The van der Waals surface area contributed by atoms with Crippen LogP contribution in [0.3, 0.4) is 0 Å². The van der Waals surface area contributed by atoms with Gasteiger partial charge in [0.25, 0.3) is 0 Å². The number of benzene rings is 10. The van der Waals surface area contributed by atoms with Crippen molar-refractivity contribution < 1.29 is 25.0 Å². The summed E-state index contributed by atoms with van der Waals surface area (Å²) in [4.78, 5) is 0. The molecule has 236 valence electrons. The molecule has 0 bridgehead atoms. The van der Waals surface area contributed by atoms with Gasteiger partial charge in [-0.1, -0.05) is 145 Å². The van der Waals surface area contributed by atoms with Gasteiger partial charge in [0.15, 0.2) is 0 Å². The fourth-order valence-corrected chi connectivity index (χ4v) is 7.48. The summed E-state index contributed by atoms with van der Waals surface area (Å²) in [5, 5.41) is 3.62. The predicted molar refractivity (Wildman–Crippen MR) is 218 cm³/mol. The van der Waals surface area contributed by atoms with Gasteiger partial charge in [0.2, 0.25) is 0 Å². The number of rotatable bonds is 3. The van der Waals surface area contributed by atoms with Gasteiger partial charge < -0.3 is 4.42 Å². The topological polar surface area (TPSA) is 13.1 Å². The predicted octanol–water partition coefficient (Wildman–Crippen LogP) is 14.4. The molecule has 0 saturated carbocycles.